The molecule has 1 unspecified atom stereocenters. The van der Waals surface area contributed by atoms with E-state index in [4.69, 9.17) is 11.6 Å². The molecule has 0 bridgehead atoms. The number of hydrogen-bond acceptors (Lipinski definition) is 2. The summed E-state index contributed by atoms with van der Waals surface area (Å²) in [4.78, 5) is 13.3. The molecule has 1 fully saturated rings. The van der Waals surface area contributed by atoms with E-state index in [1.807, 2.05) is 13.8 Å². The van der Waals surface area contributed by atoms with E-state index in [2.05, 4.69) is 4.90 Å². The van der Waals surface area contributed by atoms with Gasteiger partial charge in [0.15, 0.2) is 0 Å². The molecule has 0 aromatic heterocycles. The Hall–Kier alpha value is -0.540. The van der Waals surface area contributed by atoms with Gasteiger partial charge in [-0.2, -0.15) is 0 Å². The Morgan fingerprint density at radius 3 is 2.73 bits per heavy atom. The van der Waals surface area contributed by atoms with Crippen molar-refractivity contribution in [2.75, 3.05) is 19.6 Å². The quantitative estimate of drug-likeness (QED) is 0.807. The molecule has 0 radical (unpaired) electrons. The number of carboxylic acid groups (broad SMARTS) is 1. The van der Waals surface area contributed by atoms with Crippen molar-refractivity contribution in [3.8, 4) is 0 Å². The molecule has 1 saturated heterocycles. The highest BCUT2D eigenvalue weighted by Crippen LogP contribution is 2.34. The van der Waals surface area contributed by atoms with Gasteiger partial charge >= 0.3 is 5.97 Å². The van der Waals surface area contributed by atoms with Gasteiger partial charge in [0.05, 0.1) is 5.41 Å². The lowest BCUT2D eigenvalue weighted by Gasteiger charge is -2.23. The monoisotopic (exact) mass is 231 g/mol. The maximum atomic E-state index is 11.2. The van der Waals surface area contributed by atoms with E-state index >= 15 is 0 Å². The molecule has 86 valence electrons. The first-order chi connectivity index (χ1) is 7.04. The molecule has 1 rings (SSSR count). The first-order valence-corrected chi connectivity index (χ1v) is 5.69. The first-order valence-electron chi connectivity index (χ1n) is 5.25. The summed E-state index contributed by atoms with van der Waals surface area (Å²) < 4.78 is 0. The fourth-order valence-corrected chi connectivity index (χ4v) is 2.16. The van der Waals surface area contributed by atoms with Gasteiger partial charge in [-0.05, 0) is 31.9 Å². The number of likely N-dealkylation sites (tertiary alicyclic amines) is 1. The van der Waals surface area contributed by atoms with E-state index in [1.54, 1.807) is 5.54 Å². The third-order valence-electron chi connectivity index (χ3n) is 3.22. The predicted octanol–water partition coefficient (Wildman–Crippen LogP) is 2.32. The van der Waals surface area contributed by atoms with Crippen LogP contribution in [0.5, 0.6) is 0 Å². The third-order valence-corrected chi connectivity index (χ3v) is 3.60. The SMILES string of the molecule is CCC1(C(=O)O)CCN(CC(C)=CCl)C1. The second-order valence-electron chi connectivity index (χ2n) is 4.36. The Balaban J connectivity index is 2.61. The molecule has 0 aromatic carbocycles. The number of aliphatic carboxylic acids is 1. The molecule has 4 heteroatoms. The van der Waals surface area contributed by atoms with E-state index in [1.165, 1.54) is 0 Å². The van der Waals surface area contributed by atoms with Crippen molar-refractivity contribution < 1.29 is 9.90 Å². The van der Waals surface area contributed by atoms with Crippen LogP contribution in [0, 0.1) is 5.41 Å². The summed E-state index contributed by atoms with van der Waals surface area (Å²) in [7, 11) is 0. The van der Waals surface area contributed by atoms with Crippen LogP contribution >= 0.6 is 11.6 Å². The highest BCUT2D eigenvalue weighted by molar-refractivity contribution is 6.25. The summed E-state index contributed by atoms with van der Waals surface area (Å²) in [6, 6.07) is 0. The highest BCUT2D eigenvalue weighted by Gasteiger charge is 2.42. The van der Waals surface area contributed by atoms with Gasteiger partial charge in [-0.1, -0.05) is 18.5 Å². The van der Waals surface area contributed by atoms with Crippen molar-refractivity contribution in [1.29, 1.82) is 0 Å². The Morgan fingerprint density at radius 1 is 1.67 bits per heavy atom. The van der Waals surface area contributed by atoms with Crippen LogP contribution in [-0.4, -0.2) is 35.6 Å². The summed E-state index contributed by atoms with van der Waals surface area (Å²) in [6.07, 6.45) is 1.44. The van der Waals surface area contributed by atoms with E-state index in [0.29, 0.717) is 13.0 Å². The molecule has 0 aliphatic carbocycles. The molecule has 1 atom stereocenters. The van der Waals surface area contributed by atoms with Crippen LogP contribution in [-0.2, 0) is 4.79 Å². The lowest BCUT2D eigenvalue weighted by molar-refractivity contribution is -0.148. The number of rotatable bonds is 4. The molecule has 15 heavy (non-hydrogen) atoms. The average Bonchev–Trinajstić information content (AvgIpc) is 2.62. The standard InChI is InChI=1S/C11H18ClNO2/c1-3-11(10(14)15)4-5-13(8-11)7-9(2)6-12/h6H,3-5,7-8H2,1-2H3,(H,14,15). The lowest BCUT2D eigenvalue weighted by atomic mass is 9.84. The second-order valence-corrected chi connectivity index (χ2v) is 4.57. The maximum Gasteiger partial charge on any atom is 0.310 e. The largest absolute Gasteiger partial charge is 0.481 e. The van der Waals surface area contributed by atoms with Gasteiger partial charge in [-0.15, -0.1) is 0 Å². The van der Waals surface area contributed by atoms with Crippen LogP contribution in [0.3, 0.4) is 0 Å². The Labute approximate surface area is 95.7 Å². The second kappa shape index (κ2) is 4.99. The number of carbonyl (C=O) groups is 1. The molecule has 0 saturated carbocycles. The van der Waals surface area contributed by atoms with Gasteiger partial charge in [-0.3, -0.25) is 9.69 Å². The van der Waals surface area contributed by atoms with E-state index in [0.717, 1.165) is 25.1 Å². The predicted molar refractivity (Wildman–Crippen MR) is 61.0 cm³/mol. The zero-order chi connectivity index (χ0) is 11.5. The minimum absolute atomic E-state index is 0.535. The maximum absolute atomic E-state index is 11.2. The summed E-state index contributed by atoms with van der Waals surface area (Å²) in [6.45, 7) is 6.17. The van der Waals surface area contributed by atoms with Crippen molar-refractivity contribution in [2.24, 2.45) is 5.41 Å². The number of hydrogen-bond donors (Lipinski definition) is 1. The molecule has 1 N–H and O–H groups in total. The average molecular weight is 232 g/mol. The van der Waals surface area contributed by atoms with Crippen molar-refractivity contribution >= 4 is 17.6 Å². The van der Waals surface area contributed by atoms with E-state index in [9.17, 15) is 9.90 Å². The minimum Gasteiger partial charge on any atom is -0.481 e. The van der Waals surface area contributed by atoms with Gasteiger partial charge in [-0.25, -0.2) is 0 Å². The molecule has 1 aliphatic heterocycles. The van der Waals surface area contributed by atoms with Crippen LogP contribution in [0.4, 0.5) is 0 Å². The minimum atomic E-state index is -0.667. The fourth-order valence-electron chi connectivity index (χ4n) is 2.09. The first kappa shape index (κ1) is 12.5. The molecule has 0 spiro atoms. The summed E-state index contributed by atoms with van der Waals surface area (Å²) in [5, 5.41) is 9.21. The van der Waals surface area contributed by atoms with Gasteiger partial charge in [0.25, 0.3) is 0 Å². The fraction of sp³-hybridized carbons (Fsp3) is 0.727. The molecule has 1 heterocycles. The Morgan fingerprint density at radius 2 is 2.33 bits per heavy atom. The summed E-state index contributed by atoms with van der Waals surface area (Å²) in [5.74, 6) is -0.667. The van der Waals surface area contributed by atoms with Crippen LogP contribution < -0.4 is 0 Å². The zero-order valence-corrected chi connectivity index (χ0v) is 10.0. The molecule has 0 aromatic rings. The van der Waals surface area contributed by atoms with Crippen LogP contribution in [0.25, 0.3) is 0 Å². The zero-order valence-electron chi connectivity index (χ0n) is 9.29. The van der Waals surface area contributed by atoms with Gasteiger partial charge in [0, 0.05) is 18.6 Å². The van der Waals surface area contributed by atoms with Crippen molar-refractivity contribution in [3.63, 3.8) is 0 Å². The Kier molecular flexibility index (Phi) is 4.17. The topological polar surface area (TPSA) is 40.5 Å². The van der Waals surface area contributed by atoms with Crippen LogP contribution in [0.2, 0.25) is 0 Å². The summed E-state index contributed by atoms with van der Waals surface area (Å²) in [5.41, 5.74) is 2.10. The van der Waals surface area contributed by atoms with Crippen molar-refractivity contribution in [2.45, 2.75) is 26.7 Å². The molecule has 1 aliphatic rings. The molecular formula is C11H18ClNO2. The van der Waals surface area contributed by atoms with Gasteiger partial charge in [0.2, 0.25) is 0 Å². The third kappa shape index (κ3) is 2.73. The van der Waals surface area contributed by atoms with E-state index in [-0.39, 0.29) is 0 Å². The summed E-state index contributed by atoms with van der Waals surface area (Å²) >= 11 is 5.59. The van der Waals surface area contributed by atoms with Crippen LogP contribution in [0.1, 0.15) is 26.7 Å². The van der Waals surface area contributed by atoms with Crippen molar-refractivity contribution in [3.05, 3.63) is 11.1 Å². The van der Waals surface area contributed by atoms with Gasteiger partial charge in [0.1, 0.15) is 0 Å². The smallest absolute Gasteiger partial charge is 0.310 e. The number of carboxylic acids is 1. The molecule has 0 amide bonds. The van der Waals surface area contributed by atoms with Gasteiger partial charge < -0.3 is 5.11 Å². The lowest BCUT2D eigenvalue weighted by Crippen LogP contribution is -2.34. The number of nitrogens with zero attached hydrogens (tertiary/aromatic N) is 1. The normalized spacial score (nSPS) is 28.3. The molecule has 3 nitrogen and oxygen atoms in total. The molecular weight excluding hydrogens is 214 g/mol. The van der Waals surface area contributed by atoms with Crippen LogP contribution in [0.15, 0.2) is 11.1 Å². The number of halogens is 1. The van der Waals surface area contributed by atoms with Crippen molar-refractivity contribution in [1.82, 2.24) is 4.90 Å². The Bertz CT molecular complexity index is 278. The van der Waals surface area contributed by atoms with E-state index < -0.39 is 11.4 Å². The highest BCUT2D eigenvalue weighted by atomic mass is 35.5.